The van der Waals surface area contributed by atoms with Gasteiger partial charge < -0.3 is 15.0 Å². The van der Waals surface area contributed by atoms with Crippen molar-refractivity contribution in [1.82, 2.24) is 20.2 Å². The Hall–Kier alpha value is -1.20. The zero-order valence-corrected chi connectivity index (χ0v) is 11.1. The molecule has 1 aromatic rings. The fraction of sp³-hybridized carbons (Fsp3) is 0.667. The third-order valence-electron chi connectivity index (χ3n) is 2.42. The first kappa shape index (κ1) is 13.9. The molecule has 1 unspecified atom stereocenters. The highest BCUT2D eigenvalue weighted by Crippen LogP contribution is 2.13. The lowest BCUT2D eigenvalue weighted by Gasteiger charge is -2.22. The van der Waals surface area contributed by atoms with Gasteiger partial charge >= 0.3 is 6.01 Å². The van der Waals surface area contributed by atoms with Crippen LogP contribution in [0, 0.1) is 0 Å². The zero-order chi connectivity index (χ0) is 12.7. The standard InChI is InChI=1S/C12H22N4O/c1-5-6-13-11(9-16(2)3)10-7-14-12(17-4)15-8-10/h7-8,11,13H,5-6,9H2,1-4H3. The Kier molecular flexibility index (Phi) is 5.86. The van der Waals surface area contributed by atoms with Crippen LogP contribution in [-0.2, 0) is 0 Å². The van der Waals surface area contributed by atoms with E-state index in [1.807, 2.05) is 12.4 Å². The van der Waals surface area contributed by atoms with Gasteiger partial charge in [0.25, 0.3) is 0 Å². The smallest absolute Gasteiger partial charge is 0.316 e. The van der Waals surface area contributed by atoms with Crippen LogP contribution in [0.5, 0.6) is 6.01 Å². The average molecular weight is 238 g/mol. The molecule has 0 aromatic carbocycles. The molecule has 1 aromatic heterocycles. The molecule has 5 nitrogen and oxygen atoms in total. The minimum absolute atomic E-state index is 0.260. The van der Waals surface area contributed by atoms with E-state index < -0.39 is 0 Å². The maximum Gasteiger partial charge on any atom is 0.316 e. The van der Waals surface area contributed by atoms with Gasteiger partial charge in [0.15, 0.2) is 0 Å². The molecule has 0 fully saturated rings. The SMILES string of the molecule is CCCNC(CN(C)C)c1cnc(OC)nc1. The second-order valence-corrected chi connectivity index (χ2v) is 4.27. The van der Waals surface area contributed by atoms with Crippen molar-refractivity contribution >= 4 is 0 Å². The van der Waals surface area contributed by atoms with Gasteiger partial charge in [0.1, 0.15) is 0 Å². The molecule has 1 heterocycles. The van der Waals surface area contributed by atoms with Crippen molar-refractivity contribution in [2.75, 3.05) is 34.3 Å². The van der Waals surface area contributed by atoms with Gasteiger partial charge in [-0.25, -0.2) is 9.97 Å². The Labute approximate surface area is 103 Å². The van der Waals surface area contributed by atoms with E-state index in [-0.39, 0.29) is 6.04 Å². The molecule has 1 atom stereocenters. The van der Waals surface area contributed by atoms with Crippen molar-refractivity contribution in [3.63, 3.8) is 0 Å². The van der Waals surface area contributed by atoms with E-state index in [1.165, 1.54) is 0 Å². The fourth-order valence-corrected chi connectivity index (χ4v) is 1.58. The van der Waals surface area contributed by atoms with Crippen LogP contribution >= 0.6 is 0 Å². The average Bonchev–Trinajstić information content (AvgIpc) is 2.34. The number of ether oxygens (including phenoxy) is 1. The van der Waals surface area contributed by atoms with E-state index >= 15 is 0 Å². The largest absolute Gasteiger partial charge is 0.467 e. The van der Waals surface area contributed by atoms with Gasteiger partial charge in [-0.3, -0.25) is 0 Å². The minimum Gasteiger partial charge on any atom is -0.467 e. The van der Waals surface area contributed by atoms with Gasteiger partial charge in [-0.15, -0.1) is 0 Å². The molecule has 96 valence electrons. The van der Waals surface area contributed by atoms with E-state index in [2.05, 4.69) is 41.2 Å². The Balaban J connectivity index is 2.72. The van der Waals surface area contributed by atoms with Crippen LogP contribution in [-0.4, -0.2) is 49.2 Å². The van der Waals surface area contributed by atoms with E-state index in [4.69, 9.17) is 4.74 Å². The number of rotatable bonds is 7. The normalized spacial score (nSPS) is 12.8. The summed E-state index contributed by atoms with van der Waals surface area (Å²) >= 11 is 0. The van der Waals surface area contributed by atoms with E-state index in [9.17, 15) is 0 Å². The summed E-state index contributed by atoms with van der Waals surface area (Å²) < 4.78 is 4.96. The first-order valence-corrected chi connectivity index (χ1v) is 5.91. The van der Waals surface area contributed by atoms with Gasteiger partial charge in [0, 0.05) is 30.5 Å². The highest BCUT2D eigenvalue weighted by atomic mass is 16.5. The monoisotopic (exact) mass is 238 g/mol. The number of hydrogen-bond donors (Lipinski definition) is 1. The number of methoxy groups -OCH3 is 1. The summed E-state index contributed by atoms with van der Waals surface area (Å²) in [5.41, 5.74) is 1.09. The predicted octanol–water partition coefficient (Wildman–Crippen LogP) is 1.09. The summed E-state index contributed by atoms with van der Waals surface area (Å²) in [5, 5.41) is 3.49. The van der Waals surface area contributed by atoms with E-state index in [0.29, 0.717) is 6.01 Å². The van der Waals surface area contributed by atoms with Crippen LogP contribution in [0.1, 0.15) is 24.9 Å². The molecule has 0 bridgehead atoms. The lowest BCUT2D eigenvalue weighted by atomic mass is 10.1. The van der Waals surface area contributed by atoms with Gasteiger partial charge in [-0.2, -0.15) is 0 Å². The summed E-state index contributed by atoms with van der Waals surface area (Å²) in [5.74, 6) is 0. The minimum atomic E-state index is 0.260. The molecule has 0 saturated carbocycles. The second kappa shape index (κ2) is 7.19. The van der Waals surface area contributed by atoms with Gasteiger partial charge in [0.05, 0.1) is 7.11 Å². The van der Waals surface area contributed by atoms with Gasteiger partial charge in [-0.05, 0) is 27.1 Å². The van der Waals surface area contributed by atoms with Crippen molar-refractivity contribution in [3.8, 4) is 6.01 Å². The van der Waals surface area contributed by atoms with Crippen molar-refractivity contribution in [1.29, 1.82) is 0 Å². The molecule has 0 aliphatic rings. The summed E-state index contributed by atoms with van der Waals surface area (Å²) in [6.07, 6.45) is 4.76. The number of likely N-dealkylation sites (N-methyl/N-ethyl adjacent to an activating group) is 1. The van der Waals surface area contributed by atoms with Crippen LogP contribution < -0.4 is 10.1 Å². The molecule has 0 spiro atoms. The van der Waals surface area contributed by atoms with Crippen LogP contribution in [0.15, 0.2) is 12.4 Å². The van der Waals surface area contributed by atoms with Crippen molar-refractivity contribution in [2.45, 2.75) is 19.4 Å². The summed E-state index contributed by atoms with van der Waals surface area (Å²) in [6, 6.07) is 0.670. The zero-order valence-electron chi connectivity index (χ0n) is 11.1. The molecule has 1 rings (SSSR count). The molecule has 17 heavy (non-hydrogen) atoms. The van der Waals surface area contributed by atoms with E-state index in [1.54, 1.807) is 7.11 Å². The highest BCUT2D eigenvalue weighted by Gasteiger charge is 2.12. The van der Waals surface area contributed by atoms with Crippen molar-refractivity contribution < 1.29 is 4.74 Å². The molecule has 0 saturated heterocycles. The first-order chi connectivity index (χ1) is 8.17. The van der Waals surface area contributed by atoms with Crippen LogP contribution in [0.3, 0.4) is 0 Å². The molecule has 0 aliphatic carbocycles. The predicted molar refractivity (Wildman–Crippen MR) is 68.2 cm³/mol. The van der Waals surface area contributed by atoms with Crippen LogP contribution in [0.4, 0.5) is 0 Å². The summed E-state index contributed by atoms with van der Waals surface area (Å²) in [7, 11) is 5.69. The van der Waals surface area contributed by atoms with Crippen molar-refractivity contribution in [2.24, 2.45) is 0 Å². The maximum atomic E-state index is 4.96. The Bertz CT molecular complexity index is 313. The van der Waals surface area contributed by atoms with Crippen molar-refractivity contribution in [3.05, 3.63) is 18.0 Å². The third kappa shape index (κ3) is 4.66. The quantitative estimate of drug-likeness (QED) is 0.770. The Morgan fingerprint density at radius 1 is 1.35 bits per heavy atom. The van der Waals surface area contributed by atoms with E-state index in [0.717, 1.165) is 25.1 Å². The first-order valence-electron chi connectivity index (χ1n) is 5.91. The van der Waals surface area contributed by atoms with Gasteiger partial charge in [0.2, 0.25) is 0 Å². The molecule has 0 amide bonds. The van der Waals surface area contributed by atoms with Crippen LogP contribution in [0.25, 0.3) is 0 Å². The topological polar surface area (TPSA) is 50.3 Å². The highest BCUT2D eigenvalue weighted by molar-refractivity contribution is 5.13. The number of aromatic nitrogens is 2. The Morgan fingerprint density at radius 3 is 2.47 bits per heavy atom. The molecule has 5 heteroatoms. The van der Waals surface area contributed by atoms with Gasteiger partial charge in [-0.1, -0.05) is 6.92 Å². The number of nitrogens with zero attached hydrogens (tertiary/aromatic N) is 3. The summed E-state index contributed by atoms with van der Waals surface area (Å²) in [6.45, 7) is 4.07. The lowest BCUT2D eigenvalue weighted by Crippen LogP contribution is -2.31. The fourth-order valence-electron chi connectivity index (χ4n) is 1.58. The number of hydrogen-bond acceptors (Lipinski definition) is 5. The molecule has 1 N–H and O–H groups in total. The molecule has 0 aliphatic heterocycles. The third-order valence-corrected chi connectivity index (χ3v) is 2.42. The van der Waals surface area contributed by atoms with Crippen LogP contribution in [0.2, 0.25) is 0 Å². The summed E-state index contributed by atoms with van der Waals surface area (Å²) in [4.78, 5) is 10.4. The second-order valence-electron chi connectivity index (χ2n) is 4.27. The molecule has 0 radical (unpaired) electrons. The lowest BCUT2D eigenvalue weighted by molar-refractivity contribution is 0.339. The molecular weight excluding hydrogens is 216 g/mol. The maximum absolute atomic E-state index is 4.96. The molecular formula is C12H22N4O. The number of nitrogens with one attached hydrogen (secondary N) is 1. The Morgan fingerprint density at radius 2 is 2.00 bits per heavy atom.